The SMILES string of the molecule is CCOC(=O)C1CCC/C(=N\NS(=O)(=O)c2ccc(C)cc2)C1. The molecule has 1 saturated carbocycles. The highest BCUT2D eigenvalue weighted by Crippen LogP contribution is 2.23. The van der Waals surface area contributed by atoms with Gasteiger partial charge in [0.25, 0.3) is 10.0 Å². The van der Waals surface area contributed by atoms with E-state index in [0.29, 0.717) is 25.2 Å². The lowest BCUT2D eigenvalue weighted by molar-refractivity contribution is -0.148. The molecule has 0 radical (unpaired) electrons. The highest BCUT2D eigenvalue weighted by atomic mass is 32.2. The predicted molar refractivity (Wildman–Crippen MR) is 87.5 cm³/mol. The lowest BCUT2D eigenvalue weighted by Crippen LogP contribution is -2.27. The van der Waals surface area contributed by atoms with Crippen molar-refractivity contribution in [2.75, 3.05) is 6.61 Å². The van der Waals surface area contributed by atoms with E-state index in [2.05, 4.69) is 9.93 Å². The highest BCUT2D eigenvalue weighted by Gasteiger charge is 2.26. The number of hydrogen-bond acceptors (Lipinski definition) is 5. The first-order valence-electron chi connectivity index (χ1n) is 7.73. The van der Waals surface area contributed by atoms with E-state index in [1.807, 2.05) is 6.92 Å². The van der Waals surface area contributed by atoms with E-state index in [1.165, 1.54) is 0 Å². The van der Waals surface area contributed by atoms with Crippen molar-refractivity contribution in [1.82, 2.24) is 4.83 Å². The van der Waals surface area contributed by atoms with Crippen molar-refractivity contribution < 1.29 is 17.9 Å². The number of esters is 1. The normalized spacial score (nSPS) is 20.3. The molecule has 0 saturated heterocycles. The van der Waals surface area contributed by atoms with E-state index in [9.17, 15) is 13.2 Å². The van der Waals surface area contributed by atoms with Crippen LogP contribution in [-0.2, 0) is 19.6 Å². The van der Waals surface area contributed by atoms with Gasteiger partial charge in [0.05, 0.1) is 17.4 Å². The Morgan fingerprint density at radius 3 is 2.70 bits per heavy atom. The van der Waals surface area contributed by atoms with Crippen LogP contribution in [0.3, 0.4) is 0 Å². The molecule has 1 unspecified atom stereocenters. The zero-order valence-electron chi connectivity index (χ0n) is 13.4. The summed E-state index contributed by atoms with van der Waals surface area (Å²) in [6, 6.07) is 6.55. The number of hydrogen-bond donors (Lipinski definition) is 1. The predicted octanol–water partition coefficient (Wildman–Crippen LogP) is 2.38. The third kappa shape index (κ3) is 4.79. The number of sulfonamides is 1. The average molecular weight is 338 g/mol. The third-order valence-electron chi connectivity index (χ3n) is 3.78. The van der Waals surface area contributed by atoms with Crippen molar-refractivity contribution >= 4 is 21.7 Å². The lowest BCUT2D eigenvalue weighted by Gasteiger charge is -2.21. The van der Waals surface area contributed by atoms with Crippen LogP contribution in [-0.4, -0.2) is 26.7 Å². The fourth-order valence-corrected chi connectivity index (χ4v) is 3.35. The van der Waals surface area contributed by atoms with Gasteiger partial charge in [-0.1, -0.05) is 17.7 Å². The number of hydrazone groups is 1. The maximum absolute atomic E-state index is 12.2. The summed E-state index contributed by atoms with van der Waals surface area (Å²) in [7, 11) is -3.68. The fourth-order valence-electron chi connectivity index (χ4n) is 2.50. The maximum atomic E-state index is 12.2. The average Bonchev–Trinajstić information content (AvgIpc) is 2.54. The van der Waals surface area contributed by atoms with Gasteiger partial charge >= 0.3 is 5.97 Å². The molecule has 0 bridgehead atoms. The van der Waals surface area contributed by atoms with Gasteiger partial charge in [0.15, 0.2) is 0 Å². The third-order valence-corrected chi connectivity index (χ3v) is 5.00. The molecule has 1 aliphatic carbocycles. The van der Waals surface area contributed by atoms with Crippen LogP contribution in [0.2, 0.25) is 0 Å². The molecule has 2 rings (SSSR count). The Labute approximate surface area is 137 Å². The molecule has 1 aliphatic rings. The summed E-state index contributed by atoms with van der Waals surface area (Å²) >= 11 is 0. The monoisotopic (exact) mass is 338 g/mol. The standard InChI is InChI=1S/C16H22N2O4S/c1-3-22-16(19)13-5-4-6-14(11-13)17-18-23(20,21)15-9-7-12(2)8-10-15/h7-10,13,18H,3-6,11H2,1-2H3/b17-14+. The Kier molecular flexibility index (Phi) is 5.76. The Morgan fingerprint density at radius 2 is 2.04 bits per heavy atom. The van der Waals surface area contributed by atoms with Crippen molar-refractivity contribution in [3.63, 3.8) is 0 Å². The number of ether oxygens (including phenoxy) is 1. The van der Waals surface area contributed by atoms with Crippen molar-refractivity contribution in [3.8, 4) is 0 Å². The van der Waals surface area contributed by atoms with Crippen molar-refractivity contribution in [2.24, 2.45) is 11.0 Å². The Balaban J connectivity index is 2.04. The molecular formula is C16H22N2O4S. The van der Waals surface area contributed by atoms with E-state index in [4.69, 9.17) is 4.74 Å². The van der Waals surface area contributed by atoms with Gasteiger partial charge in [-0.3, -0.25) is 4.79 Å². The van der Waals surface area contributed by atoms with E-state index >= 15 is 0 Å². The van der Waals surface area contributed by atoms with Gasteiger partial charge in [0.2, 0.25) is 0 Å². The molecule has 1 atom stereocenters. The van der Waals surface area contributed by atoms with E-state index in [0.717, 1.165) is 18.4 Å². The molecule has 0 aliphatic heterocycles. The number of rotatable bonds is 5. The second-order valence-corrected chi connectivity index (χ2v) is 7.29. The summed E-state index contributed by atoms with van der Waals surface area (Å²) in [4.78, 5) is 14.2. The van der Waals surface area contributed by atoms with Gasteiger partial charge in [0, 0.05) is 12.1 Å². The first kappa shape index (κ1) is 17.5. The molecular weight excluding hydrogens is 316 g/mol. The topological polar surface area (TPSA) is 84.8 Å². The molecule has 6 nitrogen and oxygen atoms in total. The first-order valence-corrected chi connectivity index (χ1v) is 9.21. The smallest absolute Gasteiger partial charge is 0.309 e. The molecule has 1 N–H and O–H groups in total. The van der Waals surface area contributed by atoms with Crippen LogP contribution < -0.4 is 4.83 Å². The zero-order valence-corrected chi connectivity index (χ0v) is 14.2. The van der Waals surface area contributed by atoms with Gasteiger partial charge < -0.3 is 4.74 Å². The molecule has 0 aromatic heterocycles. The molecule has 1 fully saturated rings. The number of aryl methyl sites for hydroxylation is 1. The minimum atomic E-state index is -3.68. The molecule has 0 amide bonds. The molecule has 23 heavy (non-hydrogen) atoms. The first-order chi connectivity index (χ1) is 10.9. The number of carbonyl (C=O) groups is 1. The summed E-state index contributed by atoms with van der Waals surface area (Å²) in [5, 5.41) is 4.02. The quantitative estimate of drug-likeness (QED) is 0.660. The summed E-state index contributed by atoms with van der Waals surface area (Å²) in [5.41, 5.74) is 1.67. The summed E-state index contributed by atoms with van der Waals surface area (Å²) in [6.07, 6.45) is 2.68. The van der Waals surface area contributed by atoms with E-state index < -0.39 is 10.0 Å². The second-order valence-electron chi connectivity index (χ2n) is 5.63. The van der Waals surface area contributed by atoms with Crippen LogP contribution in [0.5, 0.6) is 0 Å². The van der Waals surface area contributed by atoms with Gasteiger partial charge in [-0.15, -0.1) is 0 Å². The minimum absolute atomic E-state index is 0.171. The maximum Gasteiger partial charge on any atom is 0.309 e. The summed E-state index contributed by atoms with van der Waals surface area (Å²) in [6.45, 7) is 4.01. The van der Waals surface area contributed by atoms with Crippen LogP contribution in [0.4, 0.5) is 0 Å². The Hall–Kier alpha value is -1.89. The van der Waals surface area contributed by atoms with Gasteiger partial charge in [-0.25, -0.2) is 4.83 Å². The number of nitrogens with one attached hydrogen (secondary N) is 1. The summed E-state index contributed by atoms with van der Waals surface area (Å²) < 4.78 is 29.4. The Bertz CT molecular complexity index is 681. The van der Waals surface area contributed by atoms with Crippen LogP contribution in [0, 0.1) is 12.8 Å². The largest absolute Gasteiger partial charge is 0.466 e. The molecule has 0 heterocycles. The van der Waals surface area contributed by atoms with Crippen LogP contribution >= 0.6 is 0 Å². The van der Waals surface area contributed by atoms with Crippen molar-refractivity contribution in [3.05, 3.63) is 29.8 Å². The summed E-state index contributed by atoms with van der Waals surface area (Å²) in [5.74, 6) is -0.465. The Morgan fingerprint density at radius 1 is 1.35 bits per heavy atom. The lowest BCUT2D eigenvalue weighted by atomic mass is 9.88. The highest BCUT2D eigenvalue weighted by molar-refractivity contribution is 7.89. The minimum Gasteiger partial charge on any atom is -0.466 e. The van der Waals surface area contributed by atoms with Gasteiger partial charge in [-0.05, 0) is 45.2 Å². The zero-order chi connectivity index (χ0) is 16.9. The molecule has 126 valence electrons. The van der Waals surface area contributed by atoms with E-state index in [-0.39, 0.29) is 16.8 Å². The van der Waals surface area contributed by atoms with Gasteiger partial charge in [0.1, 0.15) is 0 Å². The second kappa shape index (κ2) is 7.59. The number of benzene rings is 1. The number of carbonyl (C=O) groups excluding carboxylic acids is 1. The van der Waals surface area contributed by atoms with Crippen LogP contribution in [0.1, 0.15) is 38.2 Å². The molecule has 1 aromatic rings. The van der Waals surface area contributed by atoms with Crippen LogP contribution in [0.15, 0.2) is 34.3 Å². The van der Waals surface area contributed by atoms with Crippen molar-refractivity contribution in [1.29, 1.82) is 0 Å². The van der Waals surface area contributed by atoms with E-state index in [1.54, 1.807) is 31.2 Å². The number of nitrogens with zero attached hydrogens (tertiary/aromatic N) is 1. The molecule has 1 aromatic carbocycles. The van der Waals surface area contributed by atoms with Gasteiger partial charge in [-0.2, -0.15) is 13.5 Å². The fraction of sp³-hybridized carbons (Fsp3) is 0.500. The molecule has 7 heteroatoms. The van der Waals surface area contributed by atoms with Crippen molar-refractivity contribution in [2.45, 2.75) is 44.4 Å². The molecule has 0 spiro atoms. The van der Waals surface area contributed by atoms with Crippen LogP contribution in [0.25, 0.3) is 0 Å².